The second-order valence-electron chi connectivity index (χ2n) is 7.20. The van der Waals surface area contributed by atoms with Crippen molar-refractivity contribution in [2.75, 3.05) is 34.5 Å². The van der Waals surface area contributed by atoms with Gasteiger partial charge in [-0.3, -0.25) is 4.79 Å². The van der Waals surface area contributed by atoms with Crippen LogP contribution >= 0.6 is 0 Å². The molecule has 4 N–H and O–H groups in total. The van der Waals surface area contributed by atoms with Gasteiger partial charge in [0.2, 0.25) is 0 Å². The lowest BCUT2D eigenvalue weighted by molar-refractivity contribution is -0.119. The summed E-state index contributed by atoms with van der Waals surface area (Å²) in [7, 11) is 4.07. The van der Waals surface area contributed by atoms with E-state index in [0.717, 1.165) is 0 Å². The van der Waals surface area contributed by atoms with E-state index in [0.29, 0.717) is 5.56 Å². The maximum Gasteiger partial charge on any atom is 0.261 e. The largest absolute Gasteiger partial charge is 0.504 e. The molecular weight excluding hydrogens is 396 g/mol. The number of hydrogen-bond donors (Lipinski definition) is 4. The Labute approximate surface area is 173 Å². The maximum atomic E-state index is 12.5. The number of aliphatic hydroxyl groups excluding tert-OH is 3. The van der Waals surface area contributed by atoms with E-state index in [-0.39, 0.29) is 29.6 Å². The van der Waals surface area contributed by atoms with E-state index in [4.69, 9.17) is 18.9 Å². The molecule has 1 aromatic rings. The quantitative estimate of drug-likeness (QED) is 0.493. The number of carbonyl (C=O) groups excluding carboxylic acids is 1. The summed E-state index contributed by atoms with van der Waals surface area (Å²) in [4.78, 5) is 12.5. The van der Waals surface area contributed by atoms with Crippen molar-refractivity contribution in [1.29, 1.82) is 0 Å². The van der Waals surface area contributed by atoms with Gasteiger partial charge in [0.15, 0.2) is 23.0 Å². The first-order valence-corrected chi connectivity index (χ1v) is 9.37. The number of ketones is 1. The molecular formula is C21H26O9. The molecule has 1 heterocycles. The SMILES string of the molecule is COC1=CC2(C=C(OC)C1=O)[C@@H](CO)[C@H](c1ccc(O)c(OC)c1)O[C@H]2[C@H](O)CO. The fourth-order valence-electron chi connectivity index (χ4n) is 4.23. The molecule has 1 spiro atoms. The Bertz CT molecular complexity index is 836. The van der Waals surface area contributed by atoms with E-state index in [1.54, 1.807) is 12.1 Å². The number of rotatable bonds is 7. The number of aromatic hydroxyl groups is 1. The van der Waals surface area contributed by atoms with Crippen molar-refractivity contribution in [2.45, 2.75) is 18.3 Å². The first-order chi connectivity index (χ1) is 14.4. The van der Waals surface area contributed by atoms with Crippen LogP contribution < -0.4 is 4.74 Å². The molecule has 9 heteroatoms. The number of benzene rings is 1. The summed E-state index contributed by atoms with van der Waals surface area (Å²) in [6.45, 7) is -0.978. The monoisotopic (exact) mass is 422 g/mol. The molecule has 1 fully saturated rings. The van der Waals surface area contributed by atoms with Crippen molar-refractivity contribution in [2.24, 2.45) is 11.3 Å². The molecule has 1 aliphatic heterocycles. The van der Waals surface area contributed by atoms with E-state index in [9.17, 15) is 25.2 Å². The van der Waals surface area contributed by atoms with Gasteiger partial charge in [0.25, 0.3) is 5.78 Å². The second kappa shape index (κ2) is 8.65. The zero-order chi connectivity index (χ0) is 22.1. The Balaban J connectivity index is 2.18. The van der Waals surface area contributed by atoms with Gasteiger partial charge in [0.05, 0.1) is 45.6 Å². The van der Waals surface area contributed by atoms with Crippen molar-refractivity contribution in [3.05, 3.63) is 47.4 Å². The first kappa shape index (κ1) is 22.1. The van der Waals surface area contributed by atoms with E-state index in [1.807, 2.05) is 0 Å². The molecule has 1 saturated heterocycles. The summed E-state index contributed by atoms with van der Waals surface area (Å²) >= 11 is 0. The van der Waals surface area contributed by atoms with Crippen molar-refractivity contribution < 1.29 is 44.2 Å². The average molecular weight is 422 g/mol. The van der Waals surface area contributed by atoms with Gasteiger partial charge in [-0.2, -0.15) is 0 Å². The van der Waals surface area contributed by atoms with Gasteiger partial charge < -0.3 is 39.4 Å². The molecule has 4 atom stereocenters. The first-order valence-electron chi connectivity index (χ1n) is 9.37. The Hall–Kier alpha value is -2.59. The number of methoxy groups -OCH3 is 3. The summed E-state index contributed by atoms with van der Waals surface area (Å²) in [6.07, 6.45) is -0.0970. The molecule has 1 aliphatic carbocycles. The highest BCUT2D eigenvalue weighted by Gasteiger charge is 2.58. The number of aliphatic hydroxyl groups is 3. The van der Waals surface area contributed by atoms with Gasteiger partial charge in [-0.15, -0.1) is 0 Å². The molecule has 30 heavy (non-hydrogen) atoms. The lowest BCUT2D eigenvalue weighted by atomic mass is 9.67. The molecule has 0 unspecified atom stereocenters. The van der Waals surface area contributed by atoms with Gasteiger partial charge in [0.1, 0.15) is 6.10 Å². The highest BCUT2D eigenvalue weighted by atomic mass is 16.5. The summed E-state index contributed by atoms with van der Waals surface area (Å²) in [5, 5.41) is 40.4. The maximum absolute atomic E-state index is 12.5. The molecule has 0 saturated carbocycles. The lowest BCUT2D eigenvalue weighted by Gasteiger charge is -2.37. The van der Waals surface area contributed by atoms with Gasteiger partial charge in [-0.1, -0.05) is 6.07 Å². The fraction of sp³-hybridized carbons (Fsp3) is 0.476. The van der Waals surface area contributed by atoms with Crippen LogP contribution in [-0.2, 0) is 19.0 Å². The summed E-state index contributed by atoms with van der Waals surface area (Å²) in [5.74, 6) is -1.04. The Morgan fingerprint density at radius 1 is 1.10 bits per heavy atom. The second-order valence-corrected chi connectivity index (χ2v) is 7.20. The highest BCUT2D eigenvalue weighted by Crippen LogP contribution is 2.56. The Morgan fingerprint density at radius 3 is 2.23 bits per heavy atom. The van der Waals surface area contributed by atoms with Gasteiger partial charge in [-0.05, 0) is 29.8 Å². The molecule has 0 bridgehead atoms. The molecule has 9 nitrogen and oxygen atoms in total. The topological polar surface area (TPSA) is 135 Å². The van der Waals surface area contributed by atoms with Crippen LogP contribution in [0.2, 0.25) is 0 Å². The molecule has 1 aromatic carbocycles. The Morgan fingerprint density at radius 2 is 1.73 bits per heavy atom. The summed E-state index contributed by atoms with van der Waals surface area (Å²) in [5.41, 5.74) is -0.635. The van der Waals surface area contributed by atoms with Crippen molar-refractivity contribution >= 4 is 5.78 Å². The molecule has 0 radical (unpaired) electrons. The summed E-state index contributed by atoms with van der Waals surface area (Å²) in [6, 6.07) is 4.62. The van der Waals surface area contributed by atoms with Crippen LogP contribution in [-0.4, -0.2) is 73.0 Å². The number of phenols is 1. The molecule has 0 amide bonds. The minimum Gasteiger partial charge on any atom is -0.504 e. The zero-order valence-electron chi connectivity index (χ0n) is 16.9. The highest BCUT2D eigenvalue weighted by molar-refractivity contribution is 6.06. The van der Waals surface area contributed by atoms with E-state index in [2.05, 4.69) is 0 Å². The zero-order valence-corrected chi connectivity index (χ0v) is 16.9. The number of ether oxygens (including phenoxy) is 4. The van der Waals surface area contributed by atoms with Crippen LogP contribution in [0.25, 0.3) is 0 Å². The van der Waals surface area contributed by atoms with Crippen LogP contribution in [0.4, 0.5) is 0 Å². The fourth-order valence-corrected chi connectivity index (χ4v) is 4.23. The minimum absolute atomic E-state index is 0.0181. The number of Topliss-reactive ketones (excluding diaryl/α,β-unsaturated/α-hetero) is 1. The van der Waals surface area contributed by atoms with Gasteiger partial charge in [-0.25, -0.2) is 0 Å². The molecule has 2 aliphatic rings. The van der Waals surface area contributed by atoms with Crippen LogP contribution in [0.1, 0.15) is 11.7 Å². The predicted molar refractivity (Wildman–Crippen MR) is 104 cm³/mol. The smallest absolute Gasteiger partial charge is 0.261 e. The standard InChI is InChI=1S/C21H26O9/c1-27-15-6-11(4-5-13(15)24)19-12(9-22)21(20(30-19)14(25)10-23)7-16(28-2)18(26)17(8-21)29-3/h4-8,12,14,19-20,22-25H,9-10H2,1-3H3/t12-,14+,19-,20-/m0/s1. The Kier molecular flexibility index (Phi) is 6.37. The van der Waals surface area contributed by atoms with E-state index in [1.165, 1.54) is 39.5 Å². The molecule has 164 valence electrons. The number of phenolic OH excluding ortho intramolecular Hbond substituents is 1. The number of carbonyl (C=O) groups is 1. The van der Waals surface area contributed by atoms with Crippen molar-refractivity contribution in [3.8, 4) is 11.5 Å². The normalized spacial score (nSPS) is 26.2. The van der Waals surface area contributed by atoms with Crippen LogP contribution in [0.15, 0.2) is 41.9 Å². The van der Waals surface area contributed by atoms with Crippen LogP contribution in [0, 0.1) is 11.3 Å². The van der Waals surface area contributed by atoms with Crippen LogP contribution in [0.5, 0.6) is 11.5 Å². The third-order valence-electron chi connectivity index (χ3n) is 5.71. The van der Waals surface area contributed by atoms with Crippen molar-refractivity contribution in [1.82, 2.24) is 0 Å². The van der Waals surface area contributed by atoms with Gasteiger partial charge in [0, 0.05) is 12.5 Å². The number of hydrogen-bond acceptors (Lipinski definition) is 9. The van der Waals surface area contributed by atoms with E-state index >= 15 is 0 Å². The average Bonchev–Trinajstić information content (AvgIpc) is 3.08. The predicted octanol–water partition coefficient (Wildman–Crippen LogP) is 0.432. The lowest BCUT2D eigenvalue weighted by Crippen LogP contribution is -2.45. The minimum atomic E-state index is -1.32. The molecule has 3 rings (SSSR count). The van der Waals surface area contributed by atoms with Gasteiger partial charge >= 0.3 is 0 Å². The van der Waals surface area contributed by atoms with E-state index < -0.39 is 42.0 Å². The van der Waals surface area contributed by atoms with Crippen LogP contribution in [0.3, 0.4) is 0 Å². The third-order valence-corrected chi connectivity index (χ3v) is 5.71. The third kappa shape index (κ3) is 3.43. The molecule has 0 aromatic heterocycles. The summed E-state index contributed by atoms with van der Waals surface area (Å²) < 4.78 is 21.8. The van der Waals surface area contributed by atoms with Crippen molar-refractivity contribution in [3.63, 3.8) is 0 Å².